The maximum Gasteiger partial charge on any atom is 0.260 e. The number of ether oxygens (including phenoxy) is 1. The van der Waals surface area contributed by atoms with Crippen LogP contribution in [0.3, 0.4) is 0 Å². The van der Waals surface area contributed by atoms with Crippen molar-refractivity contribution in [2.75, 3.05) is 19.8 Å². The van der Waals surface area contributed by atoms with Crippen molar-refractivity contribution in [3.63, 3.8) is 0 Å². The van der Waals surface area contributed by atoms with E-state index in [9.17, 15) is 9.59 Å². The molecule has 0 bridgehead atoms. The highest BCUT2D eigenvalue weighted by Gasteiger charge is 2.07. The van der Waals surface area contributed by atoms with Gasteiger partial charge in [0.05, 0.1) is 0 Å². The Hall–Kier alpha value is -1.62. The monoisotopic (exact) mass is 252 g/mol. The van der Waals surface area contributed by atoms with Gasteiger partial charge < -0.3 is 15.0 Å². The Morgan fingerprint density at radius 1 is 1.50 bits per heavy atom. The first-order valence-electron chi connectivity index (χ1n) is 6.15. The van der Waals surface area contributed by atoms with Gasteiger partial charge in [-0.15, -0.1) is 0 Å². The van der Waals surface area contributed by atoms with Gasteiger partial charge in [0.15, 0.2) is 0 Å². The molecule has 0 aromatic carbocycles. The molecule has 2 N–H and O–H groups in total. The predicted molar refractivity (Wildman–Crippen MR) is 69.7 cm³/mol. The lowest BCUT2D eigenvalue weighted by atomic mass is 10.2. The molecule has 0 saturated carbocycles. The second-order valence-electron chi connectivity index (χ2n) is 4.49. The molecule has 1 heterocycles. The summed E-state index contributed by atoms with van der Waals surface area (Å²) in [6, 6.07) is 3.13. The van der Waals surface area contributed by atoms with Gasteiger partial charge in [0.2, 0.25) is 0 Å². The lowest BCUT2D eigenvalue weighted by Crippen LogP contribution is -2.30. The number of amides is 1. The van der Waals surface area contributed by atoms with Gasteiger partial charge >= 0.3 is 0 Å². The Balaban J connectivity index is 2.22. The fraction of sp³-hybridized carbons (Fsp3) is 0.538. The SMILES string of the molecule is CC(C)COCCCNC(=O)c1ccc[nH]c1=O. The maximum atomic E-state index is 11.6. The summed E-state index contributed by atoms with van der Waals surface area (Å²) in [6.07, 6.45) is 2.24. The van der Waals surface area contributed by atoms with E-state index in [1.807, 2.05) is 0 Å². The topological polar surface area (TPSA) is 71.2 Å². The van der Waals surface area contributed by atoms with Gasteiger partial charge in [-0.25, -0.2) is 0 Å². The predicted octanol–water partition coefficient (Wildman–Crippen LogP) is 1.17. The number of hydrogen-bond acceptors (Lipinski definition) is 3. The van der Waals surface area contributed by atoms with Crippen LogP contribution in [0.15, 0.2) is 23.1 Å². The first-order valence-corrected chi connectivity index (χ1v) is 6.15. The molecule has 0 radical (unpaired) electrons. The van der Waals surface area contributed by atoms with Crippen LogP contribution in [-0.4, -0.2) is 30.6 Å². The average Bonchev–Trinajstić information content (AvgIpc) is 2.33. The zero-order valence-corrected chi connectivity index (χ0v) is 10.9. The average molecular weight is 252 g/mol. The maximum absolute atomic E-state index is 11.6. The summed E-state index contributed by atoms with van der Waals surface area (Å²) in [4.78, 5) is 25.4. The molecule has 1 amide bonds. The summed E-state index contributed by atoms with van der Waals surface area (Å²) in [7, 11) is 0. The standard InChI is InChI=1S/C13H20N2O3/c1-10(2)9-18-8-4-7-15-13(17)11-5-3-6-14-12(11)16/h3,5-6,10H,4,7-9H2,1-2H3,(H,14,16)(H,15,17). The molecule has 1 rings (SSSR count). The van der Waals surface area contributed by atoms with Crippen molar-refractivity contribution in [2.45, 2.75) is 20.3 Å². The highest BCUT2D eigenvalue weighted by Crippen LogP contribution is 1.93. The van der Waals surface area contributed by atoms with E-state index in [4.69, 9.17) is 4.74 Å². The molecular weight excluding hydrogens is 232 g/mol. The van der Waals surface area contributed by atoms with Gasteiger partial charge in [0.1, 0.15) is 5.56 Å². The summed E-state index contributed by atoms with van der Waals surface area (Å²) in [5, 5.41) is 2.69. The summed E-state index contributed by atoms with van der Waals surface area (Å²) < 4.78 is 5.39. The van der Waals surface area contributed by atoms with Gasteiger partial charge in [-0.2, -0.15) is 0 Å². The third-order valence-corrected chi connectivity index (χ3v) is 2.26. The number of aromatic nitrogens is 1. The van der Waals surface area contributed by atoms with Crippen LogP contribution in [0.25, 0.3) is 0 Å². The molecule has 0 aliphatic rings. The van der Waals surface area contributed by atoms with Crippen LogP contribution in [0.1, 0.15) is 30.6 Å². The van der Waals surface area contributed by atoms with Crippen LogP contribution >= 0.6 is 0 Å². The van der Waals surface area contributed by atoms with Crippen molar-refractivity contribution >= 4 is 5.91 Å². The van der Waals surface area contributed by atoms with Crippen LogP contribution < -0.4 is 10.9 Å². The van der Waals surface area contributed by atoms with E-state index in [1.54, 1.807) is 6.07 Å². The van der Waals surface area contributed by atoms with Crippen LogP contribution in [0.2, 0.25) is 0 Å². The molecule has 0 spiro atoms. The minimum atomic E-state index is -0.369. The number of carbonyl (C=O) groups excluding carboxylic acids is 1. The number of hydrogen-bond donors (Lipinski definition) is 2. The Bertz CT molecular complexity index is 426. The second-order valence-corrected chi connectivity index (χ2v) is 4.49. The van der Waals surface area contributed by atoms with E-state index in [-0.39, 0.29) is 17.0 Å². The zero-order chi connectivity index (χ0) is 13.4. The molecule has 5 nitrogen and oxygen atoms in total. The third kappa shape index (κ3) is 5.14. The molecule has 0 unspecified atom stereocenters. The number of nitrogens with one attached hydrogen (secondary N) is 2. The number of H-pyrrole nitrogens is 1. The number of rotatable bonds is 7. The second kappa shape index (κ2) is 7.66. The highest BCUT2D eigenvalue weighted by molar-refractivity contribution is 5.93. The summed E-state index contributed by atoms with van der Waals surface area (Å²) in [6.45, 7) is 6.02. The molecule has 0 aliphatic heterocycles. The van der Waals surface area contributed by atoms with Crippen molar-refractivity contribution in [2.24, 2.45) is 5.92 Å². The van der Waals surface area contributed by atoms with Gasteiger partial charge in [0.25, 0.3) is 11.5 Å². The summed E-state index contributed by atoms with van der Waals surface area (Å²) in [5.41, 5.74) is -0.230. The Morgan fingerprint density at radius 2 is 2.28 bits per heavy atom. The molecule has 100 valence electrons. The molecule has 0 fully saturated rings. The first-order chi connectivity index (χ1) is 8.61. The minimum Gasteiger partial charge on any atom is -0.381 e. The molecule has 1 aromatic rings. The van der Waals surface area contributed by atoms with E-state index in [2.05, 4.69) is 24.1 Å². The smallest absolute Gasteiger partial charge is 0.260 e. The molecule has 18 heavy (non-hydrogen) atoms. The van der Waals surface area contributed by atoms with Crippen LogP contribution in [0.5, 0.6) is 0 Å². The fourth-order valence-electron chi connectivity index (χ4n) is 1.39. The quantitative estimate of drug-likeness (QED) is 0.715. The van der Waals surface area contributed by atoms with E-state index in [0.717, 1.165) is 13.0 Å². The Morgan fingerprint density at radius 3 is 2.94 bits per heavy atom. The molecule has 5 heteroatoms. The normalized spacial score (nSPS) is 10.6. The van der Waals surface area contributed by atoms with E-state index < -0.39 is 0 Å². The first kappa shape index (κ1) is 14.4. The lowest BCUT2D eigenvalue weighted by Gasteiger charge is -2.07. The van der Waals surface area contributed by atoms with Crippen LogP contribution in [0, 0.1) is 5.92 Å². The van der Waals surface area contributed by atoms with Gasteiger partial charge in [-0.3, -0.25) is 9.59 Å². The van der Waals surface area contributed by atoms with Crippen molar-refractivity contribution in [1.82, 2.24) is 10.3 Å². The van der Waals surface area contributed by atoms with Gasteiger partial charge in [0, 0.05) is 26.0 Å². The van der Waals surface area contributed by atoms with E-state index in [0.29, 0.717) is 19.1 Å². The number of pyridine rings is 1. The third-order valence-electron chi connectivity index (χ3n) is 2.26. The molecule has 0 atom stereocenters. The summed E-state index contributed by atoms with van der Waals surface area (Å²) in [5.74, 6) is 0.170. The molecular formula is C13H20N2O3. The van der Waals surface area contributed by atoms with Crippen molar-refractivity contribution in [3.05, 3.63) is 34.2 Å². The van der Waals surface area contributed by atoms with Crippen LogP contribution in [-0.2, 0) is 4.74 Å². The van der Waals surface area contributed by atoms with Gasteiger partial charge in [-0.05, 0) is 24.5 Å². The van der Waals surface area contributed by atoms with Crippen molar-refractivity contribution in [1.29, 1.82) is 0 Å². The van der Waals surface area contributed by atoms with E-state index in [1.165, 1.54) is 12.3 Å². The number of carbonyl (C=O) groups is 1. The van der Waals surface area contributed by atoms with Gasteiger partial charge in [-0.1, -0.05) is 13.8 Å². The highest BCUT2D eigenvalue weighted by atomic mass is 16.5. The lowest BCUT2D eigenvalue weighted by molar-refractivity contribution is 0.0923. The molecule has 1 aromatic heterocycles. The molecule has 0 aliphatic carbocycles. The summed E-state index contributed by atoms with van der Waals surface area (Å²) >= 11 is 0. The van der Waals surface area contributed by atoms with Crippen LogP contribution in [0.4, 0.5) is 0 Å². The Kier molecular flexibility index (Phi) is 6.14. The van der Waals surface area contributed by atoms with Crippen molar-refractivity contribution < 1.29 is 9.53 Å². The van der Waals surface area contributed by atoms with Crippen molar-refractivity contribution in [3.8, 4) is 0 Å². The largest absolute Gasteiger partial charge is 0.381 e. The minimum absolute atomic E-state index is 0.139. The Labute approximate surface area is 107 Å². The fourth-order valence-corrected chi connectivity index (χ4v) is 1.39. The zero-order valence-electron chi connectivity index (χ0n) is 10.9. The van der Waals surface area contributed by atoms with E-state index >= 15 is 0 Å². The number of aromatic amines is 1. The molecule has 0 saturated heterocycles.